The Morgan fingerprint density at radius 2 is 1.38 bits per heavy atom. The first kappa shape index (κ1) is 24.0. The van der Waals surface area contributed by atoms with Crippen LogP contribution in [0.2, 0.25) is 0 Å². The Labute approximate surface area is 234 Å². The molecule has 40 heavy (non-hydrogen) atoms. The molecule has 2 aliphatic carbocycles. The number of anilines is 1. The zero-order valence-corrected chi connectivity index (χ0v) is 22.4. The van der Waals surface area contributed by atoms with Crippen molar-refractivity contribution < 1.29 is 0 Å². The normalized spacial score (nSPS) is 15.7. The van der Waals surface area contributed by atoms with E-state index in [-0.39, 0.29) is 5.41 Å². The summed E-state index contributed by atoms with van der Waals surface area (Å²) in [5.41, 5.74) is 16.6. The summed E-state index contributed by atoms with van der Waals surface area (Å²) in [6.07, 6.45) is 5.67. The fourth-order valence-electron chi connectivity index (χ4n) is 5.95. The second-order valence-electron chi connectivity index (χ2n) is 10.8. The highest BCUT2D eigenvalue weighted by Crippen LogP contribution is 2.49. The molecule has 0 amide bonds. The highest BCUT2D eigenvalue weighted by Gasteiger charge is 2.35. The van der Waals surface area contributed by atoms with Crippen LogP contribution in [0.25, 0.3) is 27.8 Å². The van der Waals surface area contributed by atoms with Gasteiger partial charge in [-0.25, -0.2) is 0 Å². The Kier molecular flexibility index (Phi) is 5.56. The van der Waals surface area contributed by atoms with Crippen molar-refractivity contribution >= 4 is 22.7 Å². The van der Waals surface area contributed by atoms with Crippen molar-refractivity contribution in [1.29, 1.82) is 5.41 Å². The van der Waals surface area contributed by atoms with E-state index in [1.54, 1.807) is 6.20 Å². The van der Waals surface area contributed by atoms with Gasteiger partial charge in [0.15, 0.2) is 0 Å². The topological polar surface area (TPSA) is 61.1 Å². The van der Waals surface area contributed by atoms with Gasteiger partial charge in [-0.15, -0.1) is 0 Å². The zero-order chi connectivity index (χ0) is 27.3. The lowest BCUT2D eigenvalue weighted by Crippen LogP contribution is -2.21. The van der Waals surface area contributed by atoms with E-state index in [2.05, 4.69) is 72.8 Å². The zero-order valence-electron chi connectivity index (χ0n) is 22.4. The van der Waals surface area contributed by atoms with Gasteiger partial charge < -0.3 is 0 Å². The quantitative estimate of drug-likeness (QED) is 0.236. The van der Waals surface area contributed by atoms with Gasteiger partial charge in [-0.1, -0.05) is 92.7 Å². The van der Waals surface area contributed by atoms with E-state index in [0.29, 0.717) is 11.4 Å². The number of hydrogen-bond donors (Lipinski definition) is 2. The number of aromatic nitrogens is 1. The molecule has 0 atom stereocenters. The van der Waals surface area contributed by atoms with Crippen LogP contribution in [0.4, 0.5) is 5.69 Å². The average molecular weight is 517 g/mol. The van der Waals surface area contributed by atoms with Gasteiger partial charge in [-0.3, -0.25) is 15.8 Å². The summed E-state index contributed by atoms with van der Waals surface area (Å²) >= 11 is 0. The Morgan fingerprint density at radius 1 is 0.675 bits per heavy atom. The Balaban J connectivity index is 1.26. The predicted octanol–water partition coefficient (Wildman–Crippen LogP) is 8.34. The maximum atomic E-state index is 8.94. The van der Waals surface area contributed by atoms with Crippen molar-refractivity contribution in [1.82, 2.24) is 4.98 Å². The van der Waals surface area contributed by atoms with Crippen molar-refractivity contribution in [3.63, 3.8) is 0 Å². The first-order valence-electron chi connectivity index (χ1n) is 13.5. The van der Waals surface area contributed by atoms with Crippen LogP contribution >= 0.6 is 0 Å². The number of nitrogens with zero attached hydrogens (tertiary/aromatic N) is 2. The highest BCUT2D eigenvalue weighted by molar-refractivity contribution is 6.54. The predicted molar refractivity (Wildman–Crippen MR) is 165 cm³/mol. The monoisotopic (exact) mass is 516 g/mol. The molecule has 0 radical (unpaired) electrons. The lowest BCUT2D eigenvalue weighted by molar-refractivity contribution is 0.660. The van der Waals surface area contributed by atoms with E-state index in [4.69, 9.17) is 10.5 Å². The van der Waals surface area contributed by atoms with Gasteiger partial charge in [-0.05, 0) is 80.4 Å². The van der Waals surface area contributed by atoms with Gasteiger partial charge in [-0.2, -0.15) is 5.10 Å². The first-order valence-corrected chi connectivity index (χ1v) is 13.5. The molecule has 4 nitrogen and oxygen atoms in total. The summed E-state index contributed by atoms with van der Waals surface area (Å²) in [6.45, 7) is 4.60. The minimum absolute atomic E-state index is 0.0795. The van der Waals surface area contributed by atoms with E-state index in [1.165, 1.54) is 22.3 Å². The molecule has 2 aliphatic rings. The molecule has 5 aromatic rings. The van der Waals surface area contributed by atoms with Gasteiger partial charge >= 0.3 is 0 Å². The molecule has 1 heterocycles. The maximum Gasteiger partial charge on any atom is 0.109 e. The number of pyridine rings is 1. The Bertz CT molecular complexity index is 1840. The minimum Gasteiger partial charge on any atom is -0.298 e. The van der Waals surface area contributed by atoms with Crippen molar-refractivity contribution in [3.05, 3.63) is 149 Å². The SMILES string of the molecule is CC1(C)c2ccccc2-c2ccc(C3=C/C(=N/Nc4ccc(-c5cccnc5)cc4)C(=N)c4ccccc43)cc21. The standard InChI is InChI=1S/C36H28N4/c1-36(2)32-12-6-5-10-28(32)29-18-15-24(20-33(29)36)31-21-34(35(37)30-11-4-3-9-27(30)31)40-39-26-16-13-23(14-17-26)25-8-7-19-38-22-25/h3-22,37,39H,1-2H3/b37-35?,40-34-. The molecular formula is C36H28N4. The summed E-state index contributed by atoms with van der Waals surface area (Å²) in [7, 11) is 0. The number of fused-ring (bicyclic) bond motifs is 4. The summed E-state index contributed by atoms with van der Waals surface area (Å²) in [4.78, 5) is 4.21. The average Bonchev–Trinajstić information content (AvgIpc) is 3.24. The molecule has 0 aliphatic heterocycles. The molecule has 0 saturated carbocycles. The molecule has 0 unspecified atom stereocenters. The fraction of sp³-hybridized carbons (Fsp3) is 0.0833. The molecule has 192 valence electrons. The lowest BCUT2D eigenvalue weighted by atomic mass is 9.80. The molecule has 1 aromatic heterocycles. The minimum atomic E-state index is -0.0795. The van der Waals surface area contributed by atoms with Crippen molar-refractivity contribution in [2.24, 2.45) is 5.10 Å². The van der Waals surface area contributed by atoms with Crippen LogP contribution in [0.3, 0.4) is 0 Å². The van der Waals surface area contributed by atoms with Crippen LogP contribution < -0.4 is 5.43 Å². The molecule has 0 bridgehead atoms. The molecule has 7 rings (SSSR count). The molecule has 4 heteroatoms. The molecule has 2 N–H and O–H groups in total. The Hall–Kier alpha value is -5.09. The van der Waals surface area contributed by atoms with Gasteiger partial charge in [0.05, 0.1) is 11.4 Å². The second kappa shape index (κ2) is 9.28. The number of nitrogens with one attached hydrogen (secondary N) is 2. The van der Waals surface area contributed by atoms with Crippen LogP contribution in [-0.4, -0.2) is 16.4 Å². The molecule has 4 aromatic carbocycles. The van der Waals surface area contributed by atoms with Crippen molar-refractivity contribution in [3.8, 4) is 22.3 Å². The highest BCUT2D eigenvalue weighted by atomic mass is 15.3. The van der Waals surface area contributed by atoms with Gasteiger partial charge in [0.2, 0.25) is 0 Å². The summed E-state index contributed by atoms with van der Waals surface area (Å²) in [5, 5.41) is 13.6. The fourth-order valence-corrected chi connectivity index (χ4v) is 5.95. The summed E-state index contributed by atoms with van der Waals surface area (Å²) < 4.78 is 0. The number of allylic oxidation sites excluding steroid dienone is 1. The van der Waals surface area contributed by atoms with Crippen molar-refractivity contribution in [2.45, 2.75) is 19.3 Å². The van der Waals surface area contributed by atoms with Gasteiger partial charge in [0.25, 0.3) is 0 Å². The molecular weight excluding hydrogens is 488 g/mol. The number of hydrazone groups is 1. The van der Waals surface area contributed by atoms with Crippen LogP contribution in [0.1, 0.15) is 41.7 Å². The third-order valence-corrected chi connectivity index (χ3v) is 8.10. The number of rotatable bonds is 4. The third kappa shape index (κ3) is 3.88. The Morgan fingerprint density at radius 3 is 2.15 bits per heavy atom. The van der Waals surface area contributed by atoms with Gasteiger partial charge in [0.1, 0.15) is 5.71 Å². The maximum absolute atomic E-state index is 8.94. The molecule has 0 fully saturated rings. The summed E-state index contributed by atoms with van der Waals surface area (Å²) in [6, 6.07) is 35.7. The number of hydrogen-bond acceptors (Lipinski definition) is 4. The van der Waals surface area contributed by atoms with E-state index >= 15 is 0 Å². The van der Waals surface area contributed by atoms with Crippen molar-refractivity contribution in [2.75, 3.05) is 5.43 Å². The lowest BCUT2D eigenvalue weighted by Gasteiger charge is -2.24. The van der Waals surface area contributed by atoms with Crippen LogP contribution in [0.5, 0.6) is 0 Å². The van der Waals surface area contributed by atoms with Crippen LogP contribution in [0.15, 0.2) is 127 Å². The molecule has 0 spiro atoms. The largest absolute Gasteiger partial charge is 0.298 e. The van der Waals surface area contributed by atoms with Crippen LogP contribution in [0, 0.1) is 5.41 Å². The van der Waals surface area contributed by atoms with Crippen LogP contribution in [-0.2, 0) is 5.41 Å². The smallest absolute Gasteiger partial charge is 0.109 e. The van der Waals surface area contributed by atoms with E-state index in [9.17, 15) is 0 Å². The first-order chi connectivity index (χ1) is 19.5. The second-order valence-corrected chi connectivity index (χ2v) is 10.8. The summed E-state index contributed by atoms with van der Waals surface area (Å²) in [5.74, 6) is 0. The van der Waals surface area contributed by atoms with E-state index in [0.717, 1.165) is 39.1 Å². The van der Waals surface area contributed by atoms with E-state index in [1.807, 2.05) is 66.9 Å². The third-order valence-electron chi connectivity index (χ3n) is 8.10. The van der Waals surface area contributed by atoms with Gasteiger partial charge in [0, 0.05) is 23.4 Å². The number of benzene rings is 4. The molecule has 0 saturated heterocycles. The van der Waals surface area contributed by atoms with E-state index < -0.39 is 0 Å².